The van der Waals surface area contributed by atoms with E-state index in [4.69, 9.17) is 0 Å². The van der Waals surface area contributed by atoms with Crippen molar-refractivity contribution in [1.29, 1.82) is 0 Å². The van der Waals surface area contributed by atoms with Gasteiger partial charge in [-0.1, -0.05) is 28.4 Å². The molecule has 1 aromatic carbocycles. The number of guanidine groups is 1. The maximum atomic E-state index is 12.2. The Labute approximate surface area is 158 Å². The molecule has 1 saturated carbocycles. The monoisotopic (exact) mass is 406 g/mol. The summed E-state index contributed by atoms with van der Waals surface area (Å²) in [6.45, 7) is 4.76. The quantitative estimate of drug-likeness (QED) is 0.593. The molecule has 25 heavy (non-hydrogen) atoms. The molecule has 0 bridgehead atoms. The lowest BCUT2D eigenvalue weighted by Crippen LogP contribution is -2.43. The van der Waals surface area contributed by atoms with Gasteiger partial charge in [0.1, 0.15) is 0 Å². The van der Waals surface area contributed by atoms with E-state index in [1.54, 1.807) is 0 Å². The molecule has 0 radical (unpaired) electrons. The summed E-state index contributed by atoms with van der Waals surface area (Å²) >= 11 is 3.44. The number of aliphatic imine (C=N–C) groups is 1. The number of benzene rings is 1. The van der Waals surface area contributed by atoms with Gasteiger partial charge in [0, 0.05) is 43.3 Å². The van der Waals surface area contributed by atoms with Gasteiger partial charge in [-0.25, -0.2) is 0 Å². The fourth-order valence-corrected chi connectivity index (χ4v) is 4.12. The largest absolute Gasteiger partial charge is 0.356 e. The topological polar surface area (TPSA) is 56.7 Å². The molecule has 2 N–H and O–H groups in total. The highest BCUT2D eigenvalue weighted by Crippen LogP contribution is 2.47. The molecule has 1 aromatic rings. The number of nitrogens with one attached hydrogen (secondary N) is 2. The summed E-state index contributed by atoms with van der Waals surface area (Å²) in [5, 5.41) is 6.33. The Balaban J connectivity index is 1.45. The van der Waals surface area contributed by atoms with Crippen molar-refractivity contribution in [2.45, 2.75) is 39.0 Å². The van der Waals surface area contributed by atoms with Crippen LogP contribution in [0.4, 0.5) is 5.69 Å². The minimum absolute atomic E-state index is 0.0149. The third-order valence-electron chi connectivity index (χ3n) is 5.47. The van der Waals surface area contributed by atoms with Crippen LogP contribution >= 0.6 is 15.9 Å². The van der Waals surface area contributed by atoms with Crippen LogP contribution in [0.3, 0.4) is 0 Å². The SMILES string of the molecule is CN=C(NCCC(=O)Nc1cc(Br)ccc1C)N1CCC2(CCC2)C1. The summed E-state index contributed by atoms with van der Waals surface area (Å²) in [7, 11) is 1.82. The Morgan fingerprint density at radius 1 is 1.36 bits per heavy atom. The number of likely N-dealkylation sites (tertiary alicyclic amines) is 1. The van der Waals surface area contributed by atoms with E-state index >= 15 is 0 Å². The van der Waals surface area contributed by atoms with Gasteiger partial charge in [0.25, 0.3) is 0 Å². The van der Waals surface area contributed by atoms with Crippen LogP contribution in [0.15, 0.2) is 27.7 Å². The van der Waals surface area contributed by atoms with E-state index in [9.17, 15) is 4.79 Å². The van der Waals surface area contributed by atoms with Crippen LogP contribution < -0.4 is 10.6 Å². The number of halogens is 1. The van der Waals surface area contributed by atoms with Crippen molar-refractivity contribution in [2.24, 2.45) is 10.4 Å². The molecule has 3 rings (SSSR count). The van der Waals surface area contributed by atoms with Crippen molar-refractivity contribution in [3.8, 4) is 0 Å². The predicted molar refractivity (Wildman–Crippen MR) is 106 cm³/mol. The zero-order chi connectivity index (χ0) is 17.9. The number of rotatable bonds is 4. The Bertz CT molecular complexity index is 669. The average Bonchev–Trinajstić information content (AvgIpc) is 3.01. The van der Waals surface area contributed by atoms with Gasteiger partial charge >= 0.3 is 0 Å². The smallest absolute Gasteiger partial charge is 0.226 e. The van der Waals surface area contributed by atoms with Crippen molar-refractivity contribution < 1.29 is 4.79 Å². The average molecular weight is 407 g/mol. The van der Waals surface area contributed by atoms with Gasteiger partial charge in [0.15, 0.2) is 5.96 Å². The van der Waals surface area contributed by atoms with Gasteiger partial charge in [0.2, 0.25) is 5.91 Å². The Hall–Kier alpha value is -1.56. The normalized spacial score (nSPS) is 19.0. The number of nitrogens with zero attached hydrogens (tertiary/aromatic N) is 2. The van der Waals surface area contributed by atoms with Crippen LogP contribution in [-0.4, -0.2) is 43.4 Å². The molecule has 0 aromatic heterocycles. The molecule has 5 nitrogen and oxygen atoms in total. The number of aryl methyl sites for hydroxylation is 1. The molecule has 0 atom stereocenters. The zero-order valence-corrected chi connectivity index (χ0v) is 16.7. The van der Waals surface area contributed by atoms with Crippen LogP contribution in [0, 0.1) is 12.3 Å². The van der Waals surface area contributed by atoms with Crippen LogP contribution in [0.2, 0.25) is 0 Å². The first-order valence-electron chi connectivity index (χ1n) is 9.03. The van der Waals surface area contributed by atoms with E-state index in [2.05, 4.69) is 36.5 Å². The number of amides is 1. The van der Waals surface area contributed by atoms with Crippen molar-refractivity contribution in [2.75, 3.05) is 32.0 Å². The number of hydrogen-bond acceptors (Lipinski definition) is 2. The van der Waals surface area contributed by atoms with Gasteiger partial charge in [0.05, 0.1) is 0 Å². The predicted octanol–water partition coefficient (Wildman–Crippen LogP) is 3.54. The molecule has 1 heterocycles. The van der Waals surface area contributed by atoms with E-state index in [0.717, 1.165) is 34.8 Å². The first-order valence-corrected chi connectivity index (χ1v) is 9.82. The summed E-state index contributed by atoms with van der Waals surface area (Å²) in [5.41, 5.74) is 2.46. The van der Waals surface area contributed by atoms with Crippen molar-refractivity contribution in [3.63, 3.8) is 0 Å². The van der Waals surface area contributed by atoms with E-state index in [-0.39, 0.29) is 5.91 Å². The van der Waals surface area contributed by atoms with Crippen LogP contribution in [0.5, 0.6) is 0 Å². The second-order valence-corrected chi connectivity index (χ2v) is 8.17. The van der Waals surface area contributed by atoms with Gasteiger partial charge in [-0.2, -0.15) is 0 Å². The molecule has 6 heteroatoms. The molecule has 1 spiro atoms. The minimum Gasteiger partial charge on any atom is -0.356 e. The van der Waals surface area contributed by atoms with Crippen molar-refractivity contribution in [3.05, 3.63) is 28.2 Å². The third-order valence-corrected chi connectivity index (χ3v) is 5.97. The van der Waals surface area contributed by atoms with Crippen LogP contribution in [-0.2, 0) is 4.79 Å². The summed E-state index contributed by atoms with van der Waals surface area (Å²) in [4.78, 5) is 18.9. The standard InChI is InChI=1S/C19H27BrN4O/c1-14-4-5-15(20)12-16(14)23-17(25)6-10-22-18(21-2)24-11-9-19(13-24)7-3-8-19/h4-5,12H,3,6-11,13H2,1-2H3,(H,21,22)(H,23,25). The Morgan fingerprint density at radius 2 is 2.16 bits per heavy atom. The molecule has 1 amide bonds. The second kappa shape index (κ2) is 7.77. The number of carbonyl (C=O) groups is 1. The molecule has 136 valence electrons. The van der Waals surface area contributed by atoms with E-state index in [0.29, 0.717) is 18.4 Å². The Morgan fingerprint density at radius 3 is 2.80 bits per heavy atom. The maximum Gasteiger partial charge on any atom is 0.226 e. The summed E-state index contributed by atoms with van der Waals surface area (Å²) in [6.07, 6.45) is 5.78. The van der Waals surface area contributed by atoms with Gasteiger partial charge < -0.3 is 15.5 Å². The highest BCUT2D eigenvalue weighted by Gasteiger charge is 2.43. The van der Waals surface area contributed by atoms with Gasteiger partial charge in [-0.3, -0.25) is 9.79 Å². The molecule has 1 aliphatic heterocycles. The van der Waals surface area contributed by atoms with Crippen LogP contribution in [0.1, 0.15) is 37.7 Å². The molecule has 2 aliphatic rings. The molecular formula is C19H27BrN4O. The van der Waals surface area contributed by atoms with Gasteiger partial charge in [-0.15, -0.1) is 0 Å². The first kappa shape index (κ1) is 18.2. The highest BCUT2D eigenvalue weighted by atomic mass is 79.9. The van der Waals surface area contributed by atoms with Crippen molar-refractivity contribution in [1.82, 2.24) is 10.2 Å². The lowest BCUT2D eigenvalue weighted by Gasteiger charge is -2.38. The second-order valence-electron chi connectivity index (χ2n) is 7.26. The summed E-state index contributed by atoms with van der Waals surface area (Å²) < 4.78 is 0.964. The number of hydrogen-bond donors (Lipinski definition) is 2. The lowest BCUT2D eigenvalue weighted by molar-refractivity contribution is -0.116. The summed E-state index contributed by atoms with van der Waals surface area (Å²) in [5.74, 6) is 0.941. The highest BCUT2D eigenvalue weighted by molar-refractivity contribution is 9.10. The number of anilines is 1. The third kappa shape index (κ3) is 4.35. The minimum atomic E-state index is 0.0149. The summed E-state index contributed by atoms with van der Waals surface area (Å²) in [6, 6.07) is 5.90. The van der Waals surface area contributed by atoms with E-state index < -0.39 is 0 Å². The van der Waals surface area contributed by atoms with E-state index in [1.807, 2.05) is 32.2 Å². The molecule has 1 aliphatic carbocycles. The molecule has 0 unspecified atom stereocenters. The molecular weight excluding hydrogens is 380 g/mol. The van der Waals surface area contributed by atoms with Crippen molar-refractivity contribution >= 4 is 33.5 Å². The number of carbonyl (C=O) groups excluding carboxylic acids is 1. The fourth-order valence-electron chi connectivity index (χ4n) is 3.76. The van der Waals surface area contributed by atoms with Crippen LogP contribution in [0.25, 0.3) is 0 Å². The first-order chi connectivity index (χ1) is 12.0. The van der Waals surface area contributed by atoms with E-state index in [1.165, 1.54) is 25.7 Å². The maximum absolute atomic E-state index is 12.2. The lowest BCUT2D eigenvalue weighted by atomic mass is 9.68. The molecule has 2 fully saturated rings. The van der Waals surface area contributed by atoms with Gasteiger partial charge in [-0.05, 0) is 49.3 Å². The Kier molecular flexibility index (Phi) is 5.67. The molecule has 1 saturated heterocycles. The zero-order valence-electron chi connectivity index (χ0n) is 15.1. The fraction of sp³-hybridized carbons (Fsp3) is 0.579.